The van der Waals surface area contributed by atoms with Gasteiger partial charge in [0.15, 0.2) is 0 Å². The monoisotopic (exact) mass is 257 g/mol. The van der Waals surface area contributed by atoms with Crippen LogP contribution in [0.1, 0.15) is 12.8 Å². The average molecular weight is 257 g/mol. The van der Waals surface area contributed by atoms with Crippen molar-refractivity contribution in [2.24, 2.45) is 0 Å². The van der Waals surface area contributed by atoms with Gasteiger partial charge in [-0.25, -0.2) is 13.4 Å². The molecule has 0 aromatic carbocycles. The highest BCUT2D eigenvalue weighted by Crippen LogP contribution is 2.25. The van der Waals surface area contributed by atoms with Crippen molar-refractivity contribution in [2.45, 2.75) is 23.8 Å². The molecule has 94 valence electrons. The minimum absolute atomic E-state index is 0.130. The van der Waals surface area contributed by atoms with Crippen LogP contribution in [0.3, 0.4) is 0 Å². The summed E-state index contributed by atoms with van der Waals surface area (Å²) in [4.78, 5) is 3.89. The van der Waals surface area contributed by atoms with Crippen LogP contribution in [0.25, 0.3) is 0 Å². The van der Waals surface area contributed by atoms with Gasteiger partial charge >= 0.3 is 0 Å². The largest absolute Gasteiger partial charge is 0.395 e. The van der Waals surface area contributed by atoms with Gasteiger partial charge in [-0.1, -0.05) is 0 Å². The molecule has 3 N–H and O–H groups in total. The van der Waals surface area contributed by atoms with Crippen molar-refractivity contribution in [1.82, 2.24) is 9.29 Å². The molecule has 1 aromatic rings. The van der Waals surface area contributed by atoms with Crippen LogP contribution in [0.2, 0.25) is 0 Å². The van der Waals surface area contributed by atoms with E-state index in [9.17, 15) is 8.42 Å². The lowest BCUT2D eigenvalue weighted by Gasteiger charge is -2.22. The maximum absolute atomic E-state index is 12.3. The van der Waals surface area contributed by atoms with Crippen LogP contribution in [0.4, 0.5) is 5.82 Å². The van der Waals surface area contributed by atoms with Gasteiger partial charge in [0.2, 0.25) is 10.0 Å². The molecule has 6 nitrogen and oxygen atoms in total. The number of pyridine rings is 1. The number of anilines is 1. The Morgan fingerprint density at radius 1 is 1.59 bits per heavy atom. The van der Waals surface area contributed by atoms with E-state index >= 15 is 0 Å². The molecule has 1 aliphatic heterocycles. The normalized spacial score (nSPS) is 21.8. The van der Waals surface area contributed by atoms with Crippen LogP contribution in [-0.4, -0.2) is 42.0 Å². The molecule has 1 atom stereocenters. The lowest BCUT2D eigenvalue weighted by atomic mass is 10.2. The number of nitrogens with zero attached hydrogens (tertiary/aromatic N) is 2. The van der Waals surface area contributed by atoms with Gasteiger partial charge in [-0.3, -0.25) is 0 Å². The Hall–Kier alpha value is -1.18. The fourth-order valence-electron chi connectivity index (χ4n) is 2.03. The zero-order valence-electron chi connectivity index (χ0n) is 9.28. The molecule has 1 aromatic heterocycles. The van der Waals surface area contributed by atoms with Gasteiger partial charge < -0.3 is 10.8 Å². The van der Waals surface area contributed by atoms with Gasteiger partial charge in [0.1, 0.15) is 5.82 Å². The molecule has 0 radical (unpaired) electrons. The minimum Gasteiger partial charge on any atom is -0.395 e. The van der Waals surface area contributed by atoms with Crippen LogP contribution >= 0.6 is 0 Å². The van der Waals surface area contributed by atoms with Gasteiger partial charge in [-0.05, 0) is 18.9 Å². The second-order valence-electron chi connectivity index (χ2n) is 4.01. The highest BCUT2D eigenvalue weighted by atomic mass is 32.2. The van der Waals surface area contributed by atoms with Crippen molar-refractivity contribution in [2.75, 3.05) is 18.9 Å². The third-order valence-corrected chi connectivity index (χ3v) is 4.84. The van der Waals surface area contributed by atoms with Crippen molar-refractivity contribution in [1.29, 1.82) is 0 Å². The van der Waals surface area contributed by atoms with Crippen LogP contribution in [0, 0.1) is 0 Å². The fourth-order valence-corrected chi connectivity index (χ4v) is 3.74. The van der Waals surface area contributed by atoms with E-state index in [4.69, 9.17) is 10.8 Å². The first-order chi connectivity index (χ1) is 8.05. The Bertz CT molecular complexity index is 503. The third-order valence-electron chi connectivity index (χ3n) is 2.89. The fraction of sp³-hybridized carbons (Fsp3) is 0.500. The molecule has 0 bridgehead atoms. The third kappa shape index (κ3) is 2.26. The summed E-state index contributed by atoms with van der Waals surface area (Å²) in [6.45, 7) is 0.287. The molecule has 2 rings (SSSR count). The molecule has 2 heterocycles. The first kappa shape index (κ1) is 12.3. The van der Waals surface area contributed by atoms with Crippen LogP contribution in [0.5, 0.6) is 0 Å². The van der Waals surface area contributed by atoms with E-state index in [0.29, 0.717) is 13.0 Å². The highest BCUT2D eigenvalue weighted by molar-refractivity contribution is 7.89. The summed E-state index contributed by atoms with van der Waals surface area (Å²) in [5, 5.41) is 9.16. The summed E-state index contributed by atoms with van der Waals surface area (Å²) in [6.07, 6.45) is 2.83. The van der Waals surface area contributed by atoms with Crippen molar-refractivity contribution in [3.8, 4) is 0 Å². The second-order valence-corrected chi connectivity index (χ2v) is 5.90. The number of sulfonamides is 1. The SMILES string of the molecule is Nc1cc(S(=O)(=O)N2CCCC2CO)ccn1. The molecule has 1 aliphatic rings. The molecule has 0 spiro atoms. The Labute approximate surface area is 100 Å². The molecule has 0 saturated carbocycles. The van der Waals surface area contributed by atoms with Crippen LogP contribution < -0.4 is 5.73 Å². The average Bonchev–Trinajstić information content (AvgIpc) is 2.77. The quantitative estimate of drug-likeness (QED) is 0.782. The molecular weight excluding hydrogens is 242 g/mol. The van der Waals surface area contributed by atoms with E-state index in [1.165, 1.54) is 22.6 Å². The van der Waals surface area contributed by atoms with Gasteiger partial charge in [-0.2, -0.15) is 4.31 Å². The summed E-state index contributed by atoms with van der Waals surface area (Å²) in [5.74, 6) is 0.172. The van der Waals surface area contributed by atoms with E-state index in [-0.39, 0.29) is 23.4 Å². The zero-order chi connectivity index (χ0) is 12.5. The van der Waals surface area contributed by atoms with Gasteiger partial charge in [0.05, 0.1) is 11.5 Å². The van der Waals surface area contributed by atoms with E-state index in [2.05, 4.69) is 4.98 Å². The maximum Gasteiger partial charge on any atom is 0.243 e. The van der Waals surface area contributed by atoms with Crippen molar-refractivity contribution in [3.63, 3.8) is 0 Å². The number of hydrogen-bond donors (Lipinski definition) is 2. The van der Waals surface area contributed by atoms with Gasteiger partial charge in [0.25, 0.3) is 0 Å². The predicted octanol–water partition coefficient (Wildman–Crippen LogP) is -0.191. The molecule has 1 fully saturated rings. The van der Waals surface area contributed by atoms with Crippen molar-refractivity contribution < 1.29 is 13.5 Å². The number of hydrogen-bond acceptors (Lipinski definition) is 5. The van der Waals surface area contributed by atoms with Gasteiger partial charge in [0, 0.05) is 24.8 Å². The summed E-state index contributed by atoms with van der Waals surface area (Å²) >= 11 is 0. The summed E-state index contributed by atoms with van der Waals surface area (Å²) < 4.78 is 25.9. The van der Waals surface area contributed by atoms with E-state index < -0.39 is 10.0 Å². The Balaban J connectivity index is 2.36. The number of nitrogen functional groups attached to an aromatic ring is 1. The smallest absolute Gasteiger partial charge is 0.243 e. The van der Waals surface area contributed by atoms with Crippen LogP contribution in [-0.2, 0) is 10.0 Å². The highest BCUT2D eigenvalue weighted by Gasteiger charge is 2.34. The number of nitrogens with two attached hydrogens (primary N) is 1. The Morgan fingerprint density at radius 3 is 3.00 bits per heavy atom. The second kappa shape index (κ2) is 4.59. The van der Waals surface area contributed by atoms with E-state index in [1.54, 1.807) is 0 Å². The Kier molecular flexibility index (Phi) is 3.32. The Morgan fingerprint density at radius 2 is 2.35 bits per heavy atom. The maximum atomic E-state index is 12.3. The van der Waals surface area contributed by atoms with Crippen LogP contribution in [0.15, 0.2) is 23.2 Å². The minimum atomic E-state index is -3.57. The molecule has 0 aliphatic carbocycles. The van der Waals surface area contributed by atoms with Gasteiger partial charge in [-0.15, -0.1) is 0 Å². The van der Waals surface area contributed by atoms with Crippen molar-refractivity contribution in [3.05, 3.63) is 18.3 Å². The zero-order valence-corrected chi connectivity index (χ0v) is 10.1. The molecule has 7 heteroatoms. The number of aromatic nitrogens is 1. The molecule has 17 heavy (non-hydrogen) atoms. The number of aliphatic hydroxyl groups is 1. The van der Waals surface area contributed by atoms with E-state index in [0.717, 1.165) is 6.42 Å². The van der Waals surface area contributed by atoms with E-state index in [1.807, 2.05) is 0 Å². The van der Waals surface area contributed by atoms with Crippen molar-refractivity contribution >= 4 is 15.8 Å². The summed E-state index contributed by atoms with van der Waals surface area (Å²) in [5.41, 5.74) is 5.48. The topological polar surface area (TPSA) is 96.5 Å². The molecule has 1 unspecified atom stereocenters. The summed E-state index contributed by atoms with van der Waals surface area (Å²) in [7, 11) is -3.57. The first-order valence-corrected chi connectivity index (χ1v) is 6.84. The molecule has 0 amide bonds. The lowest BCUT2D eigenvalue weighted by Crippen LogP contribution is -2.37. The summed E-state index contributed by atoms with van der Waals surface area (Å²) in [6, 6.07) is 2.43. The molecule has 1 saturated heterocycles. The number of aliphatic hydroxyl groups excluding tert-OH is 1. The predicted molar refractivity (Wildman–Crippen MR) is 62.6 cm³/mol. The first-order valence-electron chi connectivity index (χ1n) is 5.40. The lowest BCUT2D eigenvalue weighted by molar-refractivity contribution is 0.213. The molecular formula is C10H15N3O3S. The number of rotatable bonds is 3. The standard InChI is InChI=1S/C10H15N3O3S/c11-10-6-9(3-4-12-10)17(15,16)13-5-1-2-8(13)7-14/h3-4,6,8,14H,1-2,5,7H2,(H2,11,12).